The summed E-state index contributed by atoms with van der Waals surface area (Å²) in [5, 5.41) is 11.6. The predicted octanol–water partition coefficient (Wildman–Crippen LogP) is 3.37. The van der Waals surface area contributed by atoms with Crippen LogP contribution in [0, 0.1) is 11.6 Å². The largest absolute Gasteiger partial charge is 0.454 e. The highest BCUT2D eigenvalue weighted by Gasteiger charge is 2.33. The molecule has 3 aromatic rings. The summed E-state index contributed by atoms with van der Waals surface area (Å²) in [4.78, 5) is 11.9. The number of amides is 1. The molecule has 1 aromatic heterocycles. The van der Waals surface area contributed by atoms with E-state index in [0.717, 1.165) is 27.8 Å². The molecule has 0 atom stereocenters. The number of aromatic nitrogens is 2. The molecular weight excluding hydrogens is 490 g/mol. The zero-order valence-corrected chi connectivity index (χ0v) is 19.2. The number of nitrogens with one attached hydrogen (secondary N) is 1. The van der Waals surface area contributed by atoms with Crippen LogP contribution in [0.15, 0.2) is 41.3 Å². The molecule has 178 valence electrons. The molecule has 1 amide bonds. The molecule has 2 aliphatic heterocycles. The summed E-state index contributed by atoms with van der Waals surface area (Å²) >= 11 is 1.13. The van der Waals surface area contributed by atoms with Crippen LogP contribution in [0.25, 0.3) is 0 Å². The van der Waals surface area contributed by atoms with Crippen molar-refractivity contribution in [3.8, 4) is 11.5 Å². The van der Waals surface area contributed by atoms with Crippen molar-refractivity contribution in [2.45, 2.75) is 23.7 Å². The molecular formula is C21H18F2N4O5S2. The van der Waals surface area contributed by atoms with Crippen molar-refractivity contribution in [2.75, 3.05) is 25.2 Å². The summed E-state index contributed by atoms with van der Waals surface area (Å²) in [6, 6.07) is 7.39. The minimum atomic E-state index is -4.17. The van der Waals surface area contributed by atoms with Gasteiger partial charge in [0.25, 0.3) is 5.91 Å². The topological polar surface area (TPSA) is 111 Å². The monoisotopic (exact) mass is 508 g/mol. The van der Waals surface area contributed by atoms with Gasteiger partial charge in [0.2, 0.25) is 21.8 Å². The lowest BCUT2D eigenvalue weighted by molar-refractivity contribution is 0.102. The van der Waals surface area contributed by atoms with E-state index in [2.05, 4.69) is 15.5 Å². The molecule has 0 saturated carbocycles. The van der Waals surface area contributed by atoms with Gasteiger partial charge in [0.1, 0.15) is 21.5 Å². The second-order valence-electron chi connectivity index (χ2n) is 7.72. The molecule has 0 aliphatic carbocycles. The molecule has 1 N–H and O–H groups in total. The van der Waals surface area contributed by atoms with Crippen molar-refractivity contribution in [2.24, 2.45) is 0 Å². The Morgan fingerprint density at radius 3 is 2.62 bits per heavy atom. The number of anilines is 1. The summed E-state index contributed by atoms with van der Waals surface area (Å²) in [6.07, 6.45) is 0.823. The lowest BCUT2D eigenvalue weighted by Gasteiger charge is -2.30. The summed E-state index contributed by atoms with van der Waals surface area (Å²) in [7, 11) is -4.17. The Bertz CT molecular complexity index is 1360. The van der Waals surface area contributed by atoms with Gasteiger partial charge in [0.05, 0.1) is 0 Å². The first-order chi connectivity index (χ1) is 16.3. The van der Waals surface area contributed by atoms with E-state index in [-0.39, 0.29) is 30.8 Å². The van der Waals surface area contributed by atoms with E-state index in [0.29, 0.717) is 41.1 Å². The van der Waals surface area contributed by atoms with E-state index in [4.69, 9.17) is 9.47 Å². The Labute approximate surface area is 197 Å². The Hall–Kier alpha value is -3.16. The van der Waals surface area contributed by atoms with Crippen LogP contribution >= 0.6 is 11.3 Å². The third-order valence-electron chi connectivity index (χ3n) is 5.58. The summed E-state index contributed by atoms with van der Waals surface area (Å²) in [5.74, 6) is -1.21. The van der Waals surface area contributed by atoms with Crippen LogP contribution in [0.3, 0.4) is 0 Å². The van der Waals surface area contributed by atoms with E-state index in [1.165, 1.54) is 0 Å². The molecule has 9 nitrogen and oxygen atoms in total. The van der Waals surface area contributed by atoms with Crippen molar-refractivity contribution in [3.05, 3.63) is 58.0 Å². The Balaban J connectivity index is 1.23. The molecule has 0 spiro atoms. The minimum absolute atomic E-state index is 0.103. The molecule has 3 heterocycles. The van der Waals surface area contributed by atoms with Gasteiger partial charge in [-0.15, -0.1) is 10.2 Å². The fourth-order valence-electron chi connectivity index (χ4n) is 3.81. The van der Waals surface area contributed by atoms with Crippen molar-refractivity contribution in [3.63, 3.8) is 0 Å². The minimum Gasteiger partial charge on any atom is -0.454 e. The first kappa shape index (κ1) is 22.6. The zero-order valence-electron chi connectivity index (χ0n) is 17.5. The van der Waals surface area contributed by atoms with Gasteiger partial charge in [-0.3, -0.25) is 4.79 Å². The molecule has 2 aliphatic rings. The Morgan fingerprint density at radius 1 is 1.06 bits per heavy atom. The van der Waals surface area contributed by atoms with E-state index >= 15 is 0 Å². The van der Waals surface area contributed by atoms with Crippen LogP contribution in [-0.4, -0.2) is 48.7 Å². The number of halogens is 2. The lowest BCUT2D eigenvalue weighted by Crippen LogP contribution is -2.38. The van der Waals surface area contributed by atoms with Crippen LogP contribution in [0.4, 0.5) is 14.5 Å². The van der Waals surface area contributed by atoms with E-state index in [9.17, 15) is 22.0 Å². The highest BCUT2D eigenvalue weighted by Crippen LogP contribution is 2.35. The lowest BCUT2D eigenvalue weighted by atomic mass is 9.99. The zero-order chi connectivity index (χ0) is 23.9. The van der Waals surface area contributed by atoms with Gasteiger partial charge in [-0.1, -0.05) is 11.3 Å². The van der Waals surface area contributed by atoms with Crippen molar-refractivity contribution in [1.29, 1.82) is 0 Å². The van der Waals surface area contributed by atoms with Crippen LogP contribution in [-0.2, 0) is 10.0 Å². The summed E-state index contributed by atoms with van der Waals surface area (Å²) in [5.41, 5.74) is 0.522. The molecule has 1 saturated heterocycles. The first-order valence-electron chi connectivity index (χ1n) is 10.3. The fraction of sp³-hybridized carbons (Fsp3) is 0.286. The maximum absolute atomic E-state index is 14.0. The molecule has 0 bridgehead atoms. The summed E-state index contributed by atoms with van der Waals surface area (Å²) < 4.78 is 64.7. The average Bonchev–Trinajstić information content (AvgIpc) is 3.50. The van der Waals surface area contributed by atoms with Gasteiger partial charge in [-0.05, 0) is 43.2 Å². The number of piperidine rings is 1. The molecule has 1 fully saturated rings. The quantitative estimate of drug-likeness (QED) is 0.563. The molecule has 5 rings (SSSR count). The number of ether oxygens (including phenoxy) is 2. The molecule has 0 unspecified atom stereocenters. The Kier molecular flexibility index (Phi) is 5.91. The highest BCUT2D eigenvalue weighted by atomic mass is 32.2. The maximum atomic E-state index is 14.0. The van der Waals surface area contributed by atoms with Crippen LogP contribution in [0.5, 0.6) is 11.5 Å². The number of benzene rings is 2. The van der Waals surface area contributed by atoms with Crippen molar-refractivity contribution < 1.29 is 31.5 Å². The number of fused-ring (bicyclic) bond motifs is 1. The first-order valence-corrected chi connectivity index (χ1v) is 12.6. The van der Waals surface area contributed by atoms with Gasteiger partial charge in [-0.25, -0.2) is 17.2 Å². The normalized spacial score (nSPS) is 16.5. The van der Waals surface area contributed by atoms with Gasteiger partial charge in [-0.2, -0.15) is 4.31 Å². The number of hydrogen-bond acceptors (Lipinski definition) is 8. The second kappa shape index (κ2) is 8.89. The van der Waals surface area contributed by atoms with Gasteiger partial charge in [0, 0.05) is 30.8 Å². The van der Waals surface area contributed by atoms with Gasteiger partial charge < -0.3 is 14.8 Å². The van der Waals surface area contributed by atoms with E-state index < -0.39 is 32.5 Å². The summed E-state index contributed by atoms with van der Waals surface area (Å²) in [6.45, 7) is 0.353. The molecule has 13 heteroatoms. The van der Waals surface area contributed by atoms with Crippen LogP contribution in [0.2, 0.25) is 0 Å². The highest BCUT2D eigenvalue weighted by molar-refractivity contribution is 7.89. The second-order valence-corrected chi connectivity index (χ2v) is 10.6. The predicted molar refractivity (Wildman–Crippen MR) is 118 cm³/mol. The third kappa shape index (κ3) is 4.33. The molecule has 34 heavy (non-hydrogen) atoms. The number of hydrogen-bond donors (Lipinski definition) is 1. The maximum Gasteiger partial charge on any atom is 0.286 e. The number of carbonyl (C=O) groups excluding carboxylic acids is 1. The van der Waals surface area contributed by atoms with E-state index in [1.54, 1.807) is 18.2 Å². The number of rotatable bonds is 5. The third-order valence-corrected chi connectivity index (χ3v) is 8.58. The van der Waals surface area contributed by atoms with Gasteiger partial charge in [0.15, 0.2) is 11.5 Å². The van der Waals surface area contributed by atoms with Gasteiger partial charge >= 0.3 is 0 Å². The Morgan fingerprint density at radius 2 is 1.82 bits per heavy atom. The van der Waals surface area contributed by atoms with Crippen molar-refractivity contribution in [1.82, 2.24) is 14.5 Å². The SMILES string of the molecule is O=C(Nc1ccc2c(c1)OCO2)c1nnc(C2CCN(S(=O)(=O)c3cc(F)ccc3F)CC2)s1. The van der Waals surface area contributed by atoms with Crippen molar-refractivity contribution >= 4 is 33.0 Å². The smallest absolute Gasteiger partial charge is 0.286 e. The number of nitrogens with zero attached hydrogens (tertiary/aromatic N) is 3. The standard InChI is InChI=1S/C21H18F2N4O5S2/c22-13-1-3-15(23)18(9-13)34(29,30)27-7-5-12(6-8-27)20-25-26-21(33-20)19(28)24-14-2-4-16-17(10-14)32-11-31-16/h1-4,9-10,12H,5-8,11H2,(H,24,28). The number of carbonyl (C=O) groups is 1. The van der Waals surface area contributed by atoms with E-state index in [1.807, 2.05) is 0 Å². The number of sulfonamides is 1. The van der Waals surface area contributed by atoms with Crippen LogP contribution in [0.1, 0.15) is 33.6 Å². The van der Waals surface area contributed by atoms with Crippen LogP contribution < -0.4 is 14.8 Å². The average molecular weight is 509 g/mol. The molecule has 0 radical (unpaired) electrons. The fourth-order valence-corrected chi connectivity index (χ4v) is 6.26. The molecule has 2 aromatic carbocycles.